The number of para-hydroxylation sites is 2. The Bertz CT molecular complexity index is 1010. The fourth-order valence-electron chi connectivity index (χ4n) is 6.52. The van der Waals surface area contributed by atoms with Crippen molar-refractivity contribution in [2.24, 2.45) is 0 Å². The molecule has 2 unspecified atom stereocenters. The molecule has 3 fully saturated rings. The number of carbonyl (C=O) groups is 1. The average molecular weight is 439 g/mol. The summed E-state index contributed by atoms with van der Waals surface area (Å²) in [4.78, 5) is 31.8. The van der Waals surface area contributed by atoms with Gasteiger partial charge in [-0.15, -0.1) is 0 Å². The molecule has 3 aliphatic rings. The van der Waals surface area contributed by atoms with Gasteiger partial charge in [0.25, 0.3) is 5.56 Å². The van der Waals surface area contributed by atoms with E-state index < -0.39 is 5.97 Å². The molecule has 1 aliphatic carbocycles. The summed E-state index contributed by atoms with van der Waals surface area (Å²) >= 11 is 0. The van der Waals surface area contributed by atoms with Crippen molar-refractivity contribution in [1.29, 1.82) is 0 Å². The van der Waals surface area contributed by atoms with Crippen LogP contribution < -0.4 is 10.9 Å². The number of fused-ring (bicyclic) bond motifs is 3. The highest BCUT2D eigenvalue weighted by atomic mass is 16.4. The molecule has 1 aromatic carbocycles. The Hall–Kier alpha value is -2.41. The Morgan fingerprint density at radius 2 is 1.59 bits per heavy atom. The third-order valence-electron chi connectivity index (χ3n) is 7.83. The summed E-state index contributed by atoms with van der Waals surface area (Å²) in [6.07, 6.45) is 13.9. The number of carboxylic acid groups (broad SMARTS) is 1. The van der Waals surface area contributed by atoms with Crippen LogP contribution in [-0.4, -0.2) is 50.2 Å². The van der Waals surface area contributed by atoms with Crippen molar-refractivity contribution >= 4 is 22.8 Å². The monoisotopic (exact) mass is 438 g/mol. The highest BCUT2D eigenvalue weighted by molar-refractivity contribution is 5.77. The Balaban J connectivity index is 1.45. The predicted octanol–water partition coefficient (Wildman–Crippen LogP) is 4.17. The van der Waals surface area contributed by atoms with Gasteiger partial charge in [0.15, 0.2) is 5.82 Å². The molecule has 0 spiro atoms. The summed E-state index contributed by atoms with van der Waals surface area (Å²) in [5, 5.41) is 11.8. The standard InChI is InChI=1S/C25H34N4O3/c30-23(31)16-26-24-25(32)29(22-11-7-6-10-21(22)27-24)20-14-18-12-13-19(15-20)28(18)17-8-4-2-1-3-5-9-17/h6-7,10-11,17-20H,1-5,8-9,12-16H2,(H,26,27)(H,30,31). The van der Waals surface area contributed by atoms with Gasteiger partial charge in [-0.25, -0.2) is 4.98 Å². The van der Waals surface area contributed by atoms with Gasteiger partial charge in [0.1, 0.15) is 6.54 Å². The van der Waals surface area contributed by atoms with Crippen molar-refractivity contribution < 1.29 is 9.90 Å². The number of piperidine rings is 1. The predicted molar refractivity (Wildman–Crippen MR) is 125 cm³/mol. The normalized spacial score (nSPS) is 27.2. The summed E-state index contributed by atoms with van der Waals surface area (Å²) in [6, 6.07) is 9.63. The first-order valence-electron chi connectivity index (χ1n) is 12.4. The van der Waals surface area contributed by atoms with E-state index in [9.17, 15) is 9.59 Å². The second-order valence-electron chi connectivity index (χ2n) is 9.83. The summed E-state index contributed by atoms with van der Waals surface area (Å²) < 4.78 is 1.91. The molecule has 0 amide bonds. The number of aliphatic carboxylic acids is 1. The minimum atomic E-state index is -1.00. The fourth-order valence-corrected chi connectivity index (χ4v) is 6.52. The van der Waals surface area contributed by atoms with Gasteiger partial charge in [-0.1, -0.05) is 44.2 Å². The van der Waals surface area contributed by atoms with E-state index in [0.29, 0.717) is 18.1 Å². The van der Waals surface area contributed by atoms with E-state index in [-0.39, 0.29) is 24.0 Å². The molecule has 7 nitrogen and oxygen atoms in total. The molecule has 2 aromatic rings. The zero-order valence-corrected chi connectivity index (χ0v) is 18.7. The number of hydrogen-bond acceptors (Lipinski definition) is 5. The van der Waals surface area contributed by atoms with Crippen molar-refractivity contribution in [2.45, 2.75) is 94.8 Å². The number of anilines is 1. The summed E-state index contributed by atoms with van der Waals surface area (Å²) in [6.45, 7) is -0.314. The van der Waals surface area contributed by atoms with Crippen molar-refractivity contribution in [3.63, 3.8) is 0 Å². The number of carboxylic acids is 1. The first-order valence-corrected chi connectivity index (χ1v) is 12.4. The van der Waals surface area contributed by atoms with Crippen molar-refractivity contribution in [3.05, 3.63) is 34.6 Å². The maximum atomic E-state index is 13.4. The number of hydrogen-bond donors (Lipinski definition) is 2. The zero-order chi connectivity index (χ0) is 22.1. The molecular weight excluding hydrogens is 404 g/mol. The van der Waals surface area contributed by atoms with Crippen LogP contribution in [0.1, 0.15) is 76.7 Å². The van der Waals surface area contributed by atoms with Crippen LogP contribution in [0.15, 0.2) is 29.1 Å². The Kier molecular flexibility index (Phi) is 6.17. The third kappa shape index (κ3) is 4.15. The number of rotatable bonds is 5. The number of benzene rings is 1. The molecule has 5 rings (SSSR count). The second kappa shape index (κ2) is 9.22. The van der Waals surface area contributed by atoms with E-state index in [1.165, 1.54) is 57.8 Å². The van der Waals surface area contributed by atoms with Crippen LogP contribution in [0.5, 0.6) is 0 Å². The molecule has 2 bridgehead atoms. The van der Waals surface area contributed by atoms with Crippen LogP contribution in [0.3, 0.4) is 0 Å². The molecule has 2 aliphatic heterocycles. The zero-order valence-electron chi connectivity index (χ0n) is 18.7. The quantitative estimate of drug-likeness (QED) is 0.728. The van der Waals surface area contributed by atoms with Crippen molar-refractivity contribution in [2.75, 3.05) is 11.9 Å². The number of nitrogens with zero attached hydrogens (tertiary/aromatic N) is 3. The largest absolute Gasteiger partial charge is 0.480 e. The molecule has 0 radical (unpaired) electrons. The molecule has 2 atom stereocenters. The van der Waals surface area contributed by atoms with Crippen molar-refractivity contribution in [3.8, 4) is 0 Å². The highest BCUT2D eigenvalue weighted by Gasteiger charge is 2.44. The number of aromatic nitrogens is 2. The molecule has 1 aromatic heterocycles. The topological polar surface area (TPSA) is 87.5 Å². The molecule has 172 valence electrons. The lowest BCUT2D eigenvalue weighted by Gasteiger charge is -2.45. The summed E-state index contributed by atoms with van der Waals surface area (Å²) in [5.74, 6) is -0.864. The number of nitrogens with one attached hydrogen (secondary N) is 1. The molecule has 2 saturated heterocycles. The maximum Gasteiger partial charge on any atom is 0.322 e. The maximum absolute atomic E-state index is 13.4. The van der Waals surface area contributed by atoms with Crippen LogP contribution in [0.4, 0.5) is 5.82 Å². The van der Waals surface area contributed by atoms with Crippen LogP contribution >= 0.6 is 0 Å². The van der Waals surface area contributed by atoms with Crippen LogP contribution in [0.2, 0.25) is 0 Å². The fraction of sp³-hybridized carbons (Fsp3) is 0.640. The Morgan fingerprint density at radius 1 is 0.938 bits per heavy atom. The van der Waals surface area contributed by atoms with E-state index in [1.54, 1.807) is 0 Å². The van der Waals surface area contributed by atoms with Gasteiger partial charge in [0, 0.05) is 24.2 Å². The Labute approximate surface area is 188 Å². The summed E-state index contributed by atoms with van der Waals surface area (Å²) in [7, 11) is 0. The van der Waals surface area contributed by atoms with Gasteiger partial charge in [-0.05, 0) is 50.7 Å². The van der Waals surface area contributed by atoms with E-state index >= 15 is 0 Å². The van der Waals surface area contributed by atoms with Crippen LogP contribution in [-0.2, 0) is 4.79 Å². The van der Waals surface area contributed by atoms with Crippen molar-refractivity contribution in [1.82, 2.24) is 14.5 Å². The van der Waals surface area contributed by atoms with Gasteiger partial charge in [0.05, 0.1) is 11.0 Å². The second-order valence-corrected chi connectivity index (χ2v) is 9.83. The van der Waals surface area contributed by atoms with E-state index in [1.807, 2.05) is 28.8 Å². The van der Waals surface area contributed by atoms with E-state index in [2.05, 4.69) is 15.2 Å². The van der Waals surface area contributed by atoms with Gasteiger partial charge in [0.2, 0.25) is 0 Å². The average Bonchev–Trinajstić information content (AvgIpc) is 3.01. The molecule has 3 heterocycles. The first-order chi connectivity index (χ1) is 15.6. The molecule has 1 saturated carbocycles. The van der Waals surface area contributed by atoms with E-state index in [0.717, 1.165) is 23.9 Å². The minimum absolute atomic E-state index is 0.128. The first kappa shape index (κ1) is 21.4. The minimum Gasteiger partial charge on any atom is -0.480 e. The molecular formula is C25H34N4O3. The van der Waals surface area contributed by atoms with Gasteiger partial charge >= 0.3 is 5.97 Å². The van der Waals surface area contributed by atoms with Crippen LogP contribution in [0, 0.1) is 0 Å². The molecule has 32 heavy (non-hydrogen) atoms. The lowest BCUT2D eigenvalue weighted by molar-refractivity contribution is -0.134. The highest BCUT2D eigenvalue weighted by Crippen LogP contribution is 2.44. The van der Waals surface area contributed by atoms with Gasteiger partial charge in [-0.2, -0.15) is 0 Å². The summed E-state index contributed by atoms with van der Waals surface area (Å²) in [5.41, 5.74) is 1.38. The molecule has 2 N–H and O–H groups in total. The SMILES string of the molecule is O=C(O)CNc1nc2ccccc2n(C2CC3CCC(C2)N3C2CCCCCCC2)c1=O. The lowest BCUT2D eigenvalue weighted by Crippen LogP contribution is -2.50. The third-order valence-corrected chi connectivity index (χ3v) is 7.83. The van der Waals surface area contributed by atoms with Gasteiger partial charge < -0.3 is 15.0 Å². The Morgan fingerprint density at radius 3 is 2.28 bits per heavy atom. The smallest absolute Gasteiger partial charge is 0.322 e. The van der Waals surface area contributed by atoms with E-state index in [4.69, 9.17) is 5.11 Å². The van der Waals surface area contributed by atoms with Crippen LogP contribution in [0.25, 0.3) is 11.0 Å². The van der Waals surface area contributed by atoms with Gasteiger partial charge in [-0.3, -0.25) is 14.5 Å². The molecule has 7 heteroatoms. The lowest BCUT2D eigenvalue weighted by atomic mass is 9.89.